The molecule has 0 aliphatic rings. The number of carbonyl (C=O) groups is 3. The summed E-state index contributed by atoms with van der Waals surface area (Å²) < 4.78 is 16.1. The number of ether oxygens (including phenoxy) is 3. The van der Waals surface area contributed by atoms with Gasteiger partial charge in [-0.1, -0.05) is 12.0 Å². The van der Waals surface area contributed by atoms with Crippen LogP contribution in [0.5, 0.6) is 0 Å². The van der Waals surface area contributed by atoms with Gasteiger partial charge in [-0.05, 0) is 31.2 Å². The molecule has 0 spiro atoms. The number of carbonyl (C=O) groups excluding carboxylic acids is 2. The zero-order valence-corrected chi connectivity index (χ0v) is 20.8. The maximum absolute atomic E-state index is 12.4. The average molecular weight is 503 g/mol. The number of carboxylic acid groups (broad SMARTS) is 1. The molecular formula is C22H42N6O7. The zero-order valence-electron chi connectivity index (χ0n) is 20.8. The van der Waals surface area contributed by atoms with Crippen LogP contribution >= 0.6 is 0 Å². The van der Waals surface area contributed by atoms with Gasteiger partial charge in [0.05, 0.1) is 33.0 Å². The lowest BCUT2D eigenvalue weighted by molar-refractivity contribution is -0.124. The standard InChI is InChI=1S/C22H42N6O7/c1-2-19(6-7-21(30)25-10-8-24-9-11-26-22(31)32)20(29)5-3-4-13-33-15-17-35-18-16-34-14-12-27-28-23/h19,24,26H,2-18H2,1H3,(H,25,30)(H,31,32). The predicted molar refractivity (Wildman–Crippen MR) is 130 cm³/mol. The molecule has 2 amide bonds. The van der Waals surface area contributed by atoms with Gasteiger partial charge < -0.3 is 35.3 Å². The molecule has 1 unspecified atom stereocenters. The van der Waals surface area contributed by atoms with Crippen LogP contribution in [0.15, 0.2) is 5.11 Å². The molecule has 0 heterocycles. The molecule has 13 nitrogen and oxygen atoms in total. The summed E-state index contributed by atoms with van der Waals surface area (Å²) in [5.41, 5.74) is 8.12. The first-order chi connectivity index (χ1) is 17.0. The molecular weight excluding hydrogens is 460 g/mol. The summed E-state index contributed by atoms with van der Waals surface area (Å²) in [4.78, 5) is 37.3. The first-order valence-electron chi connectivity index (χ1n) is 12.2. The van der Waals surface area contributed by atoms with E-state index in [1.165, 1.54) is 0 Å². The van der Waals surface area contributed by atoms with Crippen molar-refractivity contribution in [2.75, 3.05) is 72.4 Å². The SMILES string of the molecule is CCC(CCC(=O)NCCNCCNC(=O)O)C(=O)CCCCOCCOCCOCCN=[N+]=[N-]. The van der Waals surface area contributed by atoms with E-state index in [0.29, 0.717) is 98.0 Å². The summed E-state index contributed by atoms with van der Waals surface area (Å²) in [5.74, 6) is -0.00189. The van der Waals surface area contributed by atoms with Gasteiger partial charge in [0.2, 0.25) is 5.91 Å². The van der Waals surface area contributed by atoms with Crippen molar-refractivity contribution in [1.29, 1.82) is 0 Å². The third kappa shape index (κ3) is 23.1. The molecule has 0 fully saturated rings. The van der Waals surface area contributed by atoms with Crippen molar-refractivity contribution in [2.45, 2.75) is 45.4 Å². The van der Waals surface area contributed by atoms with Gasteiger partial charge >= 0.3 is 6.09 Å². The van der Waals surface area contributed by atoms with Crippen LogP contribution in [0.2, 0.25) is 0 Å². The van der Waals surface area contributed by atoms with Crippen LogP contribution in [0, 0.1) is 5.92 Å². The van der Waals surface area contributed by atoms with Gasteiger partial charge in [0.1, 0.15) is 5.78 Å². The number of Topliss-reactive ketones (excluding diaryl/α,β-unsaturated/α-hetero) is 1. The van der Waals surface area contributed by atoms with E-state index in [1.54, 1.807) is 0 Å². The van der Waals surface area contributed by atoms with Crippen LogP contribution in [0.25, 0.3) is 10.4 Å². The van der Waals surface area contributed by atoms with Crippen molar-refractivity contribution in [3.63, 3.8) is 0 Å². The predicted octanol–water partition coefficient (Wildman–Crippen LogP) is 1.87. The maximum atomic E-state index is 12.4. The second kappa shape index (κ2) is 24.7. The van der Waals surface area contributed by atoms with Crippen LogP contribution in [-0.4, -0.2) is 95.3 Å². The van der Waals surface area contributed by atoms with Crippen LogP contribution in [-0.2, 0) is 23.8 Å². The molecule has 4 N–H and O–H groups in total. The first kappa shape index (κ1) is 32.6. The van der Waals surface area contributed by atoms with E-state index >= 15 is 0 Å². The van der Waals surface area contributed by atoms with Gasteiger partial charge in [0.25, 0.3) is 0 Å². The maximum Gasteiger partial charge on any atom is 0.404 e. The van der Waals surface area contributed by atoms with E-state index in [-0.39, 0.29) is 17.6 Å². The zero-order chi connectivity index (χ0) is 26.0. The van der Waals surface area contributed by atoms with Crippen LogP contribution < -0.4 is 16.0 Å². The molecule has 0 aliphatic carbocycles. The summed E-state index contributed by atoms with van der Waals surface area (Å²) in [7, 11) is 0. The molecule has 0 saturated carbocycles. The van der Waals surface area contributed by atoms with Gasteiger partial charge in [-0.2, -0.15) is 0 Å². The summed E-state index contributed by atoms with van der Waals surface area (Å²) in [6.45, 7) is 6.86. The third-order valence-electron chi connectivity index (χ3n) is 4.97. The van der Waals surface area contributed by atoms with Crippen LogP contribution in [0.3, 0.4) is 0 Å². The van der Waals surface area contributed by atoms with Crippen molar-refractivity contribution in [1.82, 2.24) is 16.0 Å². The number of hydrogen-bond acceptors (Lipinski definition) is 8. The molecule has 202 valence electrons. The van der Waals surface area contributed by atoms with Gasteiger partial charge in [-0.3, -0.25) is 9.59 Å². The van der Waals surface area contributed by atoms with Crippen LogP contribution in [0.4, 0.5) is 4.79 Å². The van der Waals surface area contributed by atoms with Crippen LogP contribution in [0.1, 0.15) is 45.4 Å². The van der Waals surface area contributed by atoms with Gasteiger partial charge in [0, 0.05) is 63.0 Å². The molecule has 0 radical (unpaired) electrons. The minimum absolute atomic E-state index is 0.0861. The van der Waals surface area contributed by atoms with Gasteiger partial charge in [0.15, 0.2) is 0 Å². The number of nitrogens with one attached hydrogen (secondary N) is 3. The largest absolute Gasteiger partial charge is 0.465 e. The molecule has 1 atom stereocenters. The van der Waals surface area contributed by atoms with Crippen molar-refractivity contribution < 1.29 is 33.7 Å². The highest BCUT2D eigenvalue weighted by molar-refractivity contribution is 5.82. The summed E-state index contributed by atoms with van der Waals surface area (Å²) >= 11 is 0. The average Bonchev–Trinajstić information content (AvgIpc) is 2.83. The molecule has 0 aromatic heterocycles. The number of rotatable bonds is 25. The highest BCUT2D eigenvalue weighted by atomic mass is 16.5. The highest BCUT2D eigenvalue weighted by Gasteiger charge is 2.17. The van der Waals surface area contributed by atoms with Crippen molar-refractivity contribution >= 4 is 17.8 Å². The Kier molecular flexibility index (Phi) is 23.0. The van der Waals surface area contributed by atoms with Gasteiger partial charge in [-0.25, -0.2) is 4.79 Å². The summed E-state index contributed by atoms with van der Waals surface area (Å²) in [5, 5.41) is 19.9. The lowest BCUT2D eigenvalue weighted by atomic mass is 9.92. The molecule has 35 heavy (non-hydrogen) atoms. The fourth-order valence-corrected chi connectivity index (χ4v) is 3.06. The van der Waals surface area contributed by atoms with E-state index < -0.39 is 6.09 Å². The van der Waals surface area contributed by atoms with E-state index in [2.05, 4.69) is 26.0 Å². The minimum Gasteiger partial charge on any atom is -0.465 e. The van der Waals surface area contributed by atoms with Crippen molar-refractivity contribution in [3.8, 4) is 0 Å². The quantitative estimate of drug-likeness (QED) is 0.0630. The Hall–Kier alpha value is -2.44. The summed E-state index contributed by atoms with van der Waals surface area (Å²) in [6, 6.07) is 0. The number of ketones is 1. The monoisotopic (exact) mass is 502 g/mol. The van der Waals surface area contributed by atoms with E-state index in [0.717, 1.165) is 12.8 Å². The lowest BCUT2D eigenvalue weighted by Gasteiger charge is -2.14. The van der Waals surface area contributed by atoms with Gasteiger partial charge in [-0.15, -0.1) is 0 Å². The highest BCUT2D eigenvalue weighted by Crippen LogP contribution is 2.16. The second-order valence-electron chi connectivity index (χ2n) is 7.69. The normalized spacial score (nSPS) is 11.5. The molecule has 0 rings (SSSR count). The third-order valence-corrected chi connectivity index (χ3v) is 4.97. The van der Waals surface area contributed by atoms with E-state index in [1.807, 2.05) is 6.92 Å². The number of nitrogens with zero attached hydrogens (tertiary/aromatic N) is 3. The Bertz CT molecular complexity index is 617. The second-order valence-corrected chi connectivity index (χ2v) is 7.69. The summed E-state index contributed by atoms with van der Waals surface area (Å²) in [6.07, 6.45) is 2.54. The fourth-order valence-electron chi connectivity index (χ4n) is 3.06. The first-order valence-corrected chi connectivity index (χ1v) is 12.2. The fraction of sp³-hybridized carbons (Fsp3) is 0.864. The minimum atomic E-state index is -1.06. The Morgan fingerprint density at radius 1 is 0.886 bits per heavy atom. The molecule has 13 heteroatoms. The number of unbranched alkanes of at least 4 members (excludes halogenated alkanes) is 1. The molecule has 0 saturated heterocycles. The number of hydrogen-bond donors (Lipinski definition) is 4. The Balaban J connectivity index is 3.61. The molecule has 0 aromatic carbocycles. The Morgan fingerprint density at radius 3 is 2.14 bits per heavy atom. The molecule has 0 bridgehead atoms. The van der Waals surface area contributed by atoms with Crippen molar-refractivity contribution in [3.05, 3.63) is 10.4 Å². The number of amides is 2. The lowest BCUT2D eigenvalue weighted by Crippen LogP contribution is -2.36. The van der Waals surface area contributed by atoms with Crippen molar-refractivity contribution in [2.24, 2.45) is 11.0 Å². The molecule has 0 aromatic rings. The topological polar surface area (TPSA) is 184 Å². The smallest absolute Gasteiger partial charge is 0.404 e. The van der Waals surface area contributed by atoms with E-state index in [9.17, 15) is 14.4 Å². The Labute approximate surface area is 207 Å². The number of azide groups is 1. The Morgan fingerprint density at radius 2 is 1.51 bits per heavy atom. The molecule has 0 aliphatic heterocycles. The van der Waals surface area contributed by atoms with E-state index in [4.69, 9.17) is 24.8 Å².